The van der Waals surface area contributed by atoms with Gasteiger partial charge in [-0.1, -0.05) is 0 Å². The highest BCUT2D eigenvalue weighted by molar-refractivity contribution is 5.87. The Morgan fingerprint density at radius 2 is 1.89 bits per heavy atom. The summed E-state index contributed by atoms with van der Waals surface area (Å²) in [5, 5.41) is 8.74. The summed E-state index contributed by atoms with van der Waals surface area (Å²) in [5.41, 5.74) is 0.648. The molecule has 2 aromatic rings. The third-order valence-electron chi connectivity index (χ3n) is 2.22. The summed E-state index contributed by atoms with van der Waals surface area (Å²) in [6.07, 6.45) is 2.09. The molecule has 0 spiro atoms. The Balaban J connectivity index is 2.12. The van der Waals surface area contributed by atoms with Gasteiger partial charge in [0.05, 0.1) is 5.56 Å². The second-order valence-electron chi connectivity index (χ2n) is 3.48. The first kappa shape index (κ1) is 11.8. The van der Waals surface area contributed by atoms with Crippen molar-refractivity contribution in [3.63, 3.8) is 0 Å². The smallest absolute Gasteiger partial charge is 0.335 e. The number of hydrogen-bond acceptors (Lipinski definition) is 4. The molecule has 5 nitrogen and oxygen atoms in total. The Bertz CT molecular complexity index is 561. The van der Waals surface area contributed by atoms with Crippen LogP contribution in [0.15, 0.2) is 42.6 Å². The SMILES string of the molecule is O=Cc1ccc(Oc2ccc(C(=O)O)cc2)nc1. The van der Waals surface area contributed by atoms with Crippen molar-refractivity contribution < 1.29 is 19.4 Å². The van der Waals surface area contributed by atoms with E-state index in [0.717, 1.165) is 0 Å². The van der Waals surface area contributed by atoms with Crippen molar-refractivity contribution in [3.05, 3.63) is 53.7 Å². The predicted octanol–water partition coefficient (Wildman–Crippen LogP) is 2.38. The Morgan fingerprint density at radius 3 is 2.39 bits per heavy atom. The molecule has 0 unspecified atom stereocenters. The Hall–Kier alpha value is -2.69. The van der Waals surface area contributed by atoms with Crippen molar-refractivity contribution in [2.75, 3.05) is 0 Å². The Kier molecular flexibility index (Phi) is 3.33. The maximum absolute atomic E-state index is 10.7. The fraction of sp³-hybridized carbons (Fsp3) is 0. The third kappa shape index (κ3) is 2.70. The number of carboxylic acid groups (broad SMARTS) is 1. The number of hydrogen-bond donors (Lipinski definition) is 1. The van der Waals surface area contributed by atoms with Crippen LogP contribution in [0.2, 0.25) is 0 Å². The standard InChI is InChI=1S/C13H9NO4/c15-8-9-1-6-12(14-7-9)18-11-4-2-10(3-5-11)13(16)17/h1-8H,(H,16,17). The molecular weight excluding hydrogens is 234 g/mol. The fourth-order valence-electron chi connectivity index (χ4n) is 1.31. The van der Waals surface area contributed by atoms with Crippen LogP contribution in [0.1, 0.15) is 20.7 Å². The van der Waals surface area contributed by atoms with E-state index in [2.05, 4.69) is 4.98 Å². The maximum atomic E-state index is 10.7. The van der Waals surface area contributed by atoms with E-state index in [-0.39, 0.29) is 5.56 Å². The van der Waals surface area contributed by atoms with Crippen LogP contribution in [0.25, 0.3) is 0 Å². The average molecular weight is 243 g/mol. The summed E-state index contributed by atoms with van der Waals surface area (Å²) in [4.78, 5) is 25.0. The second kappa shape index (κ2) is 5.09. The van der Waals surface area contributed by atoms with Gasteiger partial charge >= 0.3 is 5.97 Å². The van der Waals surface area contributed by atoms with E-state index < -0.39 is 5.97 Å². The van der Waals surface area contributed by atoms with Gasteiger partial charge in [-0.25, -0.2) is 9.78 Å². The number of carboxylic acids is 1. The van der Waals surface area contributed by atoms with Crippen molar-refractivity contribution >= 4 is 12.3 Å². The molecule has 1 aromatic heterocycles. The van der Waals surface area contributed by atoms with Crippen LogP contribution in [0, 0.1) is 0 Å². The quantitative estimate of drug-likeness (QED) is 0.834. The minimum absolute atomic E-state index is 0.187. The van der Waals surface area contributed by atoms with E-state index in [1.807, 2.05) is 0 Å². The zero-order chi connectivity index (χ0) is 13.0. The molecule has 1 heterocycles. The zero-order valence-electron chi connectivity index (χ0n) is 9.24. The first-order chi connectivity index (χ1) is 8.69. The minimum atomic E-state index is -0.991. The van der Waals surface area contributed by atoms with Crippen LogP contribution >= 0.6 is 0 Å². The maximum Gasteiger partial charge on any atom is 0.335 e. The molecule has 0 bridgehead atoms. The molecule has 0 aliphatic heterocycles. The molecule has 0 saturated carbocycles. The molecule has 0 amide bonds. The molecule has 0 radical (unpaired) electrons. The molecule has 5 heteroatoms. The molecule has 90 valence electrons. The van der Waals surface area contributed by atoms with E-state index in [9.17, 15) is 9.59 Å². The summed E-state index contributed by atoms with van der Waals surface area (Å²) in [5.74, 6) is -0.176. The number of benzene rings is 1. The van der Waals surface area contributed by atoms with Crippen LogP contribution in [0.3, 0.4) is 0 Å². The Labute approximate surface area is 103 Å². The number of aromatic carboxylic acids is 1. The van der Waals surface area contributed by atoms with Crippen molar-refractivity contribution in [1.29, 1.82) is 0 Å². The number of ether oxygens (including phenoxy) is 1. The lowest BCUT2D eigenvalue weighted by Crippen LogP contribution is -1.95. The molecule has 0 atom stereocenters. The fourth-order valence-corrected chi connectivity index (χ4v) is 1.31. The average Bonchev–Trinajstić information content (AvgIpc) is 2.40. The first-order valence-corrected chi connectivity index (χ1v) is 5.11. The van der Waals surface area contributed by atoms with Crippen molar-refractivity contribution in [1.82, 2.24) is 4.98 Å². The van der Waals surface area contributed by atoms with Gasteiger partial charge in [-0.05, 0) is 30.3 Å². The highest BCUT2D eigenvalue weighted by Crippen LogP contribution is 2.19. The van der Waals surface area contributed by atoms with Gasteiger partial charge in [0, 0.05) is 17.8 Å². The van der Waals surface area contributed by atoms with E-state index in [1.54, 1.807) is 24.3 Å². The third-order valence-corrected chi connectivity index (χ3v) is 2.22. The van der Waals surface area contributed by atoms with Gasteiger partial charge in [-0.2, -0.15) is 0 Å². The number of rotatable bonds is 4. The number of carbonyl (C=O) groups is 2. The lowest BCUT2D eigenvalue weighted by Gasteiger charge is -2.04. The Morgan fingerprint density at radius 1 is 1.17 bits per heavy atom. The molecule has 2 rings (SSSR count). The molecule has 1 aromatic carbocycles. The number of pyridine rings is 1. The number of aromatic nitrogens is 1. The summed E-state index contributed by atoms with van der Waals surface area (Å²) in [6.45, 7) is 0. The largest absolute Gasteiger partial charge is 0.478 e. The summed E-state index contributed by atoms with van der Waals surface area (Å²) in [6, 6.07) is 9.11. The van der Waals surface area contributed by atoms with Gasteiger partial charge in [-0.3, -0.25) is 4.79 Å². The molecular formula is C13H9NO4. The van der Waals surface area contributed by atoms with Gasteiger partial charge in [0.2, 0.25) is 5.88 Å². The highest BCUT2D eigenvalue weighted by Gasteiger charge is 2.03. The monoisotopic (exact) mass is 243 g/mol. The van der Waals surface area contributed by atoms with Crippen molar-refractivity contribution in [3.8, 4) is 11.6 Å². The van der Waals surface area contributed by atoms with Crippen molar-refractivity contribution in [2.24, 2.45) is 0 Å². The first-order valence-electron chi connectivity index (χ1n) is 5.11. The van der Waals surface area contributed by atoms with Crippen molar-refractivity contribution in [2.45, 2.75) is 0 Å². The van der Waals surface area contributed by atoms with E-state index in [0.29, 0.717) is 23.5 Å². The lowest BCUT2D eigenvalue weighted by molar-refractivity contribution is 0.0696. The van der Waals surface area contributed by atoms with E-state index in [4.69, 9.17) is 9.84 Å². The lowest BCUT2D eigenvalue weighted by atomic mass is 10.2. The van der Waals surface area contributed by atoms with Gasteiger partial charge in [0.25, 0.3) is 0 Å². The summed E-state index contributed by atoms with van der Waals surface area (Å²) < 4.78 is 5.39. The van der Waals surface area contributed by atoms with Crippen LogP contribution in [-0.4, -0.2) is 22.3 Å². The molecule has 0 aliphatic rings. The zero-order valence-corrected chi connectivity index (χ0v) is 9.24. The van der Waals surface area contributed by atoms with Gasteiger partial charge in [0.15, 0.2) is 6.29 Å². The normalized spacial score (nSPS) is 9.78. The molecule has 0 aliphatic carbocycles. The number of carbonyl (C=O) groups excluding carboxylic acids is 1. The molecule has 0 fully saturated rings. The minimum Gasteiger partial charge on any atom is -0.478 e. The number of aldehydes is 1. The topological polar surface area (TPSA) is 76.5 Å². The van der Waals surface area contributed by atoms with E-state index in [1.165, 1.54) is 18.3 Å². The van der Waals surface area contributed by atoms with Crippen LogP contribution in [0.4, 0.5) is 0 Å². The molecule has 18 heavy (non-hydrogen) atoms. The van der Waals surface area contributed by atoms with Crippen LogP contribution < -0.4 is 4.74 Å². The van der Waals surface area contributed by atoms with Crippen LogP contribution in [-0.2, 0) is 0 Å². The number of nitrogens with zero attached hydrogens (tertiary/aromatic N) is 1. The van der Waals surface area contributed by atoms with Gasteiger partial charge in [-0.15, -0.1) is 0 Å². The predicted molar refractivity (Wildman–Crippen MR) is 63.1 cm³/mol. The second-order valence-corrected chi connectivity index (χ2v) is 3.48. The highest BCUT2D eigenvalue weighted by atomic mass is 16.5. The molecule has 0 saturated heterocycles. The van der Waals surface area contributed by atoms with E-state index >= 15 is 0 Å². The van der Waals surface area contributed by atoms with Gasteiger partial charge < -0.3 is 9.84 Å². The summed E-state index contributed by atoms with van der Waals surface area (Å²) in [7, 11) is 0. The van der Waals surface area contributed by atoms with Gasteiger partial charge in [0.1, 0.15) is 5.75 Å². The summed E-state index contributed by atoms with van der Waals surface area (Å²) >= 11 is 0. The van der Waals surface area contributed by atoms with Crippen LogP contribution in [0.5, 0.6) is 11.6 Å². The molecule has 1 N–H and O–H groups in total.